The first-order valence-corrected chi connectivity index (χ1v) is 6.01. The zero-order valence-electron chi connectivity index (χ0n) is 11.5. The normalized spacial score (nSPS) is 10.2. The number of hydrogen-bond donors (Lipinski definition) is 1. The molecule has 1 aromatic rings. The smallest absolute Gasteiger partial charge is 0.258 e. The van der Waals surface area contributed by atoms with Gasteiger partial charge in [0.05, 0.1) is 6.61 Å². The van der Waals surface area contributed by atoms with Gasteiger partial charge in [0.15, 0.2) is 6.61 Å². The van der Waals surface area contributed by atoms with E-state index in [0.29, 0.717) is 13.2 Å². The molecule has 1 rings (SSSR count). The van der Waals surface area contributed by atoms with Crippen molar-refractivity contribution in [2.24, 2.45) is 0 Å². The van der Waals surface area contributed by atoms with Gasteiger partial charge in [-0.25, -0.2) is 0 Å². The molecule has 1 amide bonds. The van der Waals surface area contributed by atoms with Crippen molar-refractivity contribution in [2.75, 3.05) is 26.9 Å². The van der Waals surface area contributed by atoms with Crippen LogP contribution in [0, 0.1) is 20.8 Å². The number of methoxy groups -OCH3 is 1. The lowest BCUT2D eigenvalue weighted by Gasteiger charge is -2.11. The van der Waals surface area contributed by atoms with Gasteiger partial charge in [0.25, 0.3) is 5.91 Å². The zero-order chi connectivity index (χ0) is 13.5. The third-order valence-electron chi connectivity index (χ3n) is 2.78. The highest BCUT2D eigenvalue weighted by Crippen LogP contribution is 2.22. The number of rotatable bonds is 6. The molecular weight excluding hydrogens is 230 g/mol. The van der Waals surface area contributed by atoms with Crippen molar-refractivity contribution >= 4 is 5.91 Å². The topological polar surface area (TPSA) is 47.6 Å². The van der Waals surface area contributed by atoms with Gasteiger partial charge in [-0.2, -0.15) is 0 Å². The molecule has 0 spiro atoms. The Kier molecular flexibility index (Phi) is 5.65. The van der Waals surface area contributed by atoms with Crippen molar-refractivity contribution in [3.05, 3.63) is 28.8 Å². The number of benzene rings is 1. The summed E-state index contributed by atoms with van der Waals surface area (Å²) in [4.78, 5) is 11.5. The summed E-state index contributed by atoms with van der Waals surface area (Å²) in [5, 5.41) is 2.71. The van der Waals surface area contributed by atoms with Crippen LogP contribution in [0.5, 0.6) is 5.75 Å². The Bertz CT molecular complexity index is 416. The van der Waals surface area contributed by atoms with E-state index in [1.54, 1.807) is 7.11 Å². The van der Waals surface area contributed by atoms with Crippen molar-refractivity contribution in [1.29, 1.82) is 0 Å². The number of nitrogens with one attached hydrogen (secondary N) is 1. The Hall–Kier alpha value is -1.55. The van der Waals surface area contributed by atoms with Gasteiger partial charge >= 0.3 is 0 Å². The quantitative estimate of drug-likeness (QED) is 0.784. The summed E-state index contributed by atoms with van der Waals surface area (Å²) in [5.74, 6) is 0.629. The Morgan fingerprint density at radius 2 is 1.83 bits per heavy atom. The number of carbonyl (C=O) groups is 1. The van der Waals surface area contributed by atoms with Crippen LogP contribution in [0.1, 0.15) is 16.7 Å². The molecule has 0 unspecified atom stereocenters. The fourth-order valence-electron chi connectivity index (χ4n) is 1.58. The lowest BCUT2D eigenvalue weighted by atomic mass is 10.1. The molecule has 0 fully saturated rings. The molecule has 0 aliphatic heterocycles. The minimum atomic E-state index is -0.135. The highest BCUT2D eigenvalue weighted by atomic mass is 16.5. The van der Waals surface area contributed by atoms with Crippen LogP contribution in [0.3, 0.4) is 0 Å². The Balaban J connectivity index is 2.48. The maximum Gasteiger partial charge on any atom is 0.258 e. The average Bonchev–Trinajstić information content (AvgIpc) is 2.32. The lowest BCUT2D eigenvalue weighted by molar-refractivity contribution is -0.123. The molecule has 0 aliphatic rings. The molecule has 0 aliphatic carbocycles. The molecule has 0 heterocycles. The lowest BCUT2D eigenvalue weighted by Crippen LogP contribution is -2.31. The molecule has 18 heavy (non-hydrogen) atoms. The van der Waals surface area contributed by atoms with E-state index in [9.17, 15) is 4.79 Å². The van der Waals surface area contributed by atoms with E-state index in [-0.39, 0.29) is 12.5 Å². The van der Waals surface area contributed by atoms with E-state index >= 15 is 0 Å². The zero-order valence-corrected chi connectivity index (χ0v) is 11.5. The number of ether oxygens (including phenoxy) is 2. The number of aryl methyl sites for hydroxylation is 3. The fraction of sp³-hybridized carbons (Fsp3) is 0.500. The number of amides is 1. The van der Waals surface area contributed by atoms with Crippen LogP contribution in [-0.4, -0.2) is 32.8 Å². The molecular formula is C14H21NO3. The molecule has 0 radical (unpaired) electrons. The van der Waals surface area contributed by atoms with Gasteiger partial charge in [0, 0.05) is 13.7 Å². The monoisotopic (exact) mass is 251 g/mol. The van der Waals surface area contributed by atoms with Gasteiger partial charge in [-0.3, -0.25) is 4.79 Å². The maximum absolute atomic E-state index is 11.5. The van der Waals surface area contributed by atoms with Crippen LogP contribution in [0.25, 0.3) is 0 Å². The third-order valence-corrected chi connectivity index (χ3v) is 2.78. The summed E-state index contributed by atoms with van der Waals surface area (Å²) in [6.07, 6.45) is 0. The molecule has 0 atom stereocenters. The van der Waals surface area contributed by atoms with Crippen LogP contribution in [0.2, 0.25) is 0 Å². The van der Waals surface area contributed by atoms with E-state index in [1.807, 2.05) is 19.9 Å². The number of hydrogen-bond acceptors (Lipinski definition) is 3. The van der Waals surface area contributed by atoms with E-state index in [2.05, 4.69) is 18.3 Å². The molecule has 0 saturated carbocycles. The van der Waals surface area contributed by atoms with Crippen LogP contribution in [0.15, 0.2) is 12.1 Å². The van der Waals surface area contributed by atoms with Crippen LogP contribution < -0.4 is 10.1 Å². The van der Waals surface area contributed by atoms with Crippen LogP contribution in [-0.2, 0) is 9.53 Å². The van der Waals surface area contributed by atoms with Crippen LogP contribution in [0.4, 0.5) is 0 Å². The molecule has 4 nitrogen and oxygen atoms in total. The summed E-state index contributed by atoms with van der Waals surface area (Å²) < 4.78 is 10.4. The van der Waals surface area contributed by atoms with Crippen molar-refractivity contribution in [2.45, 2.75) is 20.8 Å². The summed E-state index contributed by atoms with van der Waals surface area (Å²) >= 11 is 0. The molecule has 100 valence electrons. The fourth-order valence-corrected chi connectivity index (χ4v) is 1.58. The molecule has 4 heteroatoms. The maximum atomic E-state index is 11.5. The summed E-state index contributed by atoms with van der Waals surface area (Å²) in [6, 6.07) is 4.03. The third kappa shape index (κ3) is 4.37. The van der Waals surface area contributed by atoms with Gasteiger partial charge in [-0.1, -0.05) is 6.07 Å². The molecule has 1 N–H and O–H groups in total. The molecule has 0 aromatic heterocycles. The second kappa shape index (κ2) is 7.01. The van der Waals surface area contributed by atoms with Crippen molar-refractivity contribution in [1.82, 2.24) is 5.32 Å². The molecule has 0 saturated heterocycles. The average molecular weight is 251 g/mol. The van der Waals surface area contributed by atoms with E-state index in [4.69, 9.17) is 9.47 Å². The first kappa shape index (κ1) is 14.5. The largest absolute Gasteiger partial charge is 0.483 e. The van der Waals surface area contributed by atoms with Crippen LogP contribution >= 0.6 is 0 Å². The minimum absolute atomic E-state index is 0.0348. The van der Waals surface area contributed by atoms with Gasteiger partial charge < -0.3 is 14.8 Å². The van der Waals surface area contributed by atoms with Gasteiger partial charge in [0.1, 0.15) is 5.75 Å². The minimum Gasteiger partial charge on any atom is -0.483 e. The Labute approximate surface area is 108 Å². The van der Waals surface area contributed by atoms with Gasteiger partial charge in [-0.15, -0.1) is 0 Å². The second-order valence-corrected chi connectivity index (χ2v) is 4.33. The van der Waals surface area contributed by atoms with Gasteiger partial charge in [0.2, 0.25) is 0 Å². The summed E-state index contributed by atoms with van der Waals surface area (Å²) in [6.45, 7) is 7.11. The summed E-state index contributed by atoms with van der Waals surface area (Å²) in [5.41, 5.74) is 3.43. The molecule has 0 bridgehead atoms. The van der Waals surface area contributed by atoms with Crippen molar-refractivity contribution in [3.63, 3.8) is 0 Å². The highest BCUT2D eigenvalue weighted by molar-refractivity contribution is 5.77. The first-order valence-electron chi connectivity index (χ1n) is 6.01. The number of carbonyl (C=O) groups excluding carboxylic acids is 1. The Morgan fingerprint density at radius 1 is 1.17 bits per heavy atom. The van der Waals surface area contributed by atoms with Crippen molar-refractivity contribution in [3.8, 4) is 5.75 Å². The standard InChI is InChI=1S/C14H21NO3/c1-10-7-12(3)13(8-11(10)2)18-9-14(16)15-5-6-17-4/h7-8H,5-6,9H2,1-4H3,(H,15,16). The van der Waals surface area contributed by atoms with E-state index < -0.39 is 0 Å². The van der Waals surface area contributed by atoms with Gasteiger partial charge in [-0.05, 0) is 43.5 Å². The van der Waals surface area contributed by atoms with E-state index in [0.717, 1.165) is 16.9 Å². The van der Waals surface area contributed by atoms with E-state index in [1.165, 1.54) is 5.56 Å². The SMILES string of the molecule is COCCNC(=O)COc1cc(C)c(C)cc1C. The predicted molar refractivity (Wildman–Crippen MR) is 71.0 cm³/mol. The Morgan fingerprint density at radius 3 is 2.50 bits per heavy atom. The van der Waals surface area contributed by atoms with Crippen molar-refractivity contribution < 1.29 is 14.3 Å². The molecule has 1 aromatic carbocycles. The first-order chi connectivity index (χ1) is 8.54. The predicted octanol–water partition coefficient (Wildman–Crippen LogP) is 1.75. The highest BCUT2D eigenvalue weighted by Gasteiger charge is 2.06. The summed E-state index contributed by atoms with van der Waals surface area (Å²) in [7, 11) is 1.60. The second-order valence-electron chi connectivity index (χ2n) is 4.33.